The summed E-state index contributed by atoms with van der Waals surface area (Å²) in [5.74, 6) is -0.621. The number of rotatable bonds is 5. The summed E-state index contributed by atoms with van der Waals surface area (Å²) < 4.78 is 0. The SMILES string of the molecule is CSc1ccc(/C=N/NC(=O)c2ccccc2[N+](=O)[O-])cc1. The molecule has 1 N–H and O–H groups in total. The molecule has 0 saturated carbocycles. The third-order valence-corrected chi connectivity index (χ3v) is 3.58. The number of amides is 1. The minimum absolute atomic E-state index is 0.0256. The number of carbonyl (C=O) groups is 1. The van der Waals surface area contributed by atoms with Crippen LogP contribution in [-0.4, -0.2) is 23.3 Å². The standard InChI is InChI=1S/C15H13N3O3S/c1-22-12-8-6-11(7-9-12)10-16-17-15(19)13-4-2-3-5-14(13)18(20)21/h2-10H,1H3,(H,17,19)/b16-10+. The molecule has 22 heavy (non-hydrogen) atoms. The summed E-state index contributed by atoms with van der Waals surface area (Å²) in [6, 6.07) is 13.3. The van der Waals surface area contributed by atoms with Crippen molar-refractivity contribution >= 4 is 29.6 Å². The van der Waals surface area contributed by atoms with Gasteiger partial charge in [-0.2, -0.15) is 5.10 Å². The van der Waals surface area contributed by atoms with E-state index in [2.05, 4.69) is 10.5 Å². The first-order valence-electron chi connectivity index (χ1n) is 6.32. The number of nitrogens with zero attached hydrogens (tertiary/aromatic N) is 2. The molecule has 0 atom stereocenters. The summed E-state index contributed by atoms with van der Waals surface area (Å²) in [4.78, 5) is 23.3. The van der Waals surface area contributed by atoms with Crippen LogP contribution in [0.25, 0.3) is 0 Å². The van der Waals surface area contributed by atoms with Crippen LogP contribution in [0.1, 0.15) is 15.9 Å². The van der Waals surface area contributed by atoms with Gasteiger partial charge < -0.3 is 0 Å². The van der Waals surface area contributed by atoms with Crippen LogP contribution in [0, 0.1) is 10.1 Å². The Balaban J connectivity index is 2.06. The highest BCUT2D eigenvalue weighted by atomic mass is 32.2. The molecule has 1 amide bonds. The number of thioether (sulfide) groups is 1. The molecule has 0 aliphatic rings. The average Bonchev–Trinajstić information content (AvgIpc) is 2.55. The van der Waals surface area contributed by atoms with Crippen molar-refractivity contribution in [2.45, 2.75) is 4.90 Å². The lowest BCUT2D eigenvalue weighted by atomic mass is 10.2. The Morgan fingerprint density at radius 2 is 1.91 bits per heavy atom. The first kappa shape index (κ1) is 15.7. The van der Waals surface area contributed by atoms with Crippen LogP contribution in [-0.2, 0) is 0 Å². The summed E-state index contributed by atoms with van der Waals surface area (Å²) in [5.41, 5.74) is 2.84. The monoisotopic (exact) mass is 315 g/mol. The topological polar surface area (TPSA) is 84.6 Å². The highest BCUT2D eigenvalue weighted by molar-refractivity contribution is 7.98. The van der Waals surface area contributed by atoms with Gasteiger partial charge in [0, 0.05) is 11.0 Å². The molecule has 2 aromatic carbocycles. The highest BCUT2D eigenvalue weighted by Crippen LogP contribution is 2.17. The van der Waals surface area contributed by atoms with Gasteiger partial charge in [0.2, 0.25) is 0 Å². The van der Waals surface area contributed by atoms with Crippen molar-refractivity contribution in [2.24, 2.45) is 5.10 Å². The molecular weight excluding hydrogens is 302 g/mol. The van der Waals surface area contributed by atoms with Crippen molar-refractivity contribution in [3.63, 3.8) is 0 Å². The average molecular weight is 315 g/mol. The van der Waals surface area contributed by atoms with Gasteiger partial charge in [-0.25, -0.2) is 5.43 Å². The molecule has 6 nitrogen and oxygen atoms in total. The molecule has 0 radical (unpaired) electrons. The Morgan fingerprint density at radius 3 is 2.55 bits per heavy atom. The Bertz CT molecular complexity index is 714. The molecule has 0 spiro atoms. The molecule has 0 aliphatic heterocycles. The maximum Gasteiger partial charge on any atom is 0.282 e. The number of carbonyl (C=O) groups excluding carboxylic acids is 1. The van der Waals surface area contributed by atoms with Crippen molar-refractivity contribution < 1.29 is 9.72 Å². The fraction of sp³-hybridized carbons (Fsp3) is 0.0667. The highest BCUT2D eigenvalue weighted by Gasteiger charge is 2.18. The third kappa shape index (κ3) is 3.92. The number of nitrogens with one attached hydrogen (secondary N) is 1. The minimum atomic E-state index is -0.621. The molecule has 0 heterocycles. The molecule has 0 saturated heterocycles. The lowest BCUT2D eigenvalue weighted by Gasteiger charge is -2.01. The second-order valence-corrected chi connectivity index (χ2v) is 5.13. The van der Waals surface area contributed by atoms with E-state index in [0.717, 1.165) is 10.5 Å². The molecule has 0 unspecified atom stereocenters. The summed E-state index contributed by atoms with van der Waals surface area (Å²) in [6.45, 7) is 0. The smallest absolute Gasteiger partial charge is 0.267 e. The second kappa shape index (κ2) is 7.37. The van der Waals surface area contributed by atoms with Gasteiger partial charge in [0.1, 0.15) is 5.56 Å². The van der Waals surface area contributed by atoms with Gasteiger partial charge in [0.15, 0.2) is 0 Å². The van der Waals surface area contributed by atoms with E-state index in [0.29, 0.717) is 0 Å². The summed E-state index contributed by atoms with van der Waals surface area (Å²) in [6.07, 6.45) is 3.47. The second-order valence-electron chi connectivity index (χ2n) is 4.25. The molecule has 0 fully saturated rings. The first-order chi connectivity index (χ1) is 10.6. The van der Waals surface area contributed by atoms with Crippen LogP contribution in [0.15, 0.2) is 58.5 Å². The Hall–Kier alpha value is -2.67. The lowest BCUT2D eigenvalue weighted by Crippen LogP contribution is -2.18. The fourth-order valence-corrected chi connectivity index (χ4v) is 2.15. The van der Waals surface area contributed by atoms with Crippen LogP contribution in [0.2, 0.25) is 0 Å². The zero-order valence-electron chi connectivity index (χ0n) is 11.7. The number of hydrazone groups is 1. The van der Waals surface area contributed by atoms with Crippen molar-refractivity contribution in [2.75, 3.05) is 6.26 Å². The number of benzene rings is 2. The van der Waals surface area contributed by atoms with E-state index in [1.54, 1.807) is 17.8 Å². The lowest BCUT2D eigenvalue weighted by molar-refractivity contribution is -0.385. The van der Waals surface area contributed by atoms with Gasteiger partial charge in [-0.05, 0) is 30.0 Å². The summed E-state index contributed by atoms with van der Waals surface area (Å²) in [7, 11) is 0. The zero-order valence-corrected chi connectivity index (χ0v) is 12.5. The maximum atomic E-state index is 11.9. The molecule has 0 bridgehead atoms. The number of hydrogen-bond donors (Lipinski definition) is 1. The van der Waals surface area contributed by atoms with Gasteiger partial charge in [0.25, 0.3) is 11.6 Å². The van der Waals surface area contributed by atoms with Crippen molar-refractivity contribution in [3.8, 4) is 0 Å². The molecule has 0 aromatic heterocycles. The van der Waals surface area contributed by atoms with Crippen LogP contribution in [0.3, 0.4) is 0 Å². The van der Waals surface area contributed by atoms with Crippen molar-refractivity contribution in [1.82, 2.24) is 5.43 Å². The van der Waals surface area contributed by atoms with Crippen LogP contribution in [0.5, 0.6) is 0 Å². The van der Waals surface area contributed by atoms with E-state index < -0.39 is 10.8 Å². The third-order valence-electron chi connectivity index (χ3n) is 2.84. The quantitative estimate of drug-likeness (QED) is 0.398. The van der Waals surface area contributed by atoms with E-state index in [1.165, 1.54) is 24.4 Å². The molecule has 7 heteroatoms. The molecule has 0 aliphatic carbocycles. The zero-order chi connectivity index (χ0) is 15.9. The molecule has 2 aromatic rings. The largest absolute Gasteiger partial charge is 0.282 e. The Kier molecular flexibility index (Phi) is 5.26. The molecule has 112 valence electrons. The number of nitro groups is 1. The number of hydrogen-bond acceptors (Lipinski definition) is 5. The van der Waals surface area contributed by atoms with E-state index in [9.17, 15) is 14.9 Å². The van der Waals surface area contributed by atoms with Crippen molar-refractivity contribution in [1.29, 1.82) is 0 Å². The van der Waals surface area contributed by atoms with Gasteiger partial charge >= 0.3 is 0 Å². The van der Waals surface area contributed by atoms with E-state index in [4.69, 9.17) is 0 Å². The number of nitro benzene ring substituents is 1. The van der Waals surface area contributed by atoms with Crippen LogP contribution < -0.4 is 5.43 Å². The summed E-state index contributed by atoms with van der Waals surface area (Å²) in [5, 5.41) is 14.7. The van der Waals surface area contributed by atoms with Gasteiger partial charge in [0.05, 0.1) is 11.1 Å². The van der Waals surface area contributed by atoms with Crippen molar-refractivity contribution in [3.05, 3.63) is 69.8 Å². The van der Waals surface area contributed by atoms with Gasteiger partial charge in [-0.1, -0.05) is 24.3 Å². The van der Waals surface area contributed by atoms with Crippen LogP contribution in [0.4, 0.5) is 5.69 Å². The fourth-order valence-electron chi connectivity index (χ4n) is 1.74. The predicted octanol–water partition coefficient (Wildman–Crippen LogP) is 3.08. The minimum Gasteiger partial charge on any atom is -0.267 e. The Labute approximate surface area is 131 Å². The van der Waals surface area contributed by atoms with Crippen LogP contribution >= 0.6 is 11.8 Å². The Morgan fingerprint density at radius 1 is 1.23 bits per heavy atom. The van der Waals surface area contributed by atoms with E-state index in [1.807, 2.05) is 30.5 Å². The molecule has 2 rings (SSSR count). The van der Waals surface area contributed by atoms with E-state index >= 15 is 0 Å². The van der Waals surface area contributed by atoms with E-state index in [-0.39, 0.29) is 11.3 Å². The summed E-state index contributed by atoms with van der Waals surface area (Å²) >= 11 is 1.63. The number of para-hydroxylation sites is 1. The normalized spacial score (nSPS) is 10.6. The maximum absolute atomic E-state index is 11.9. The van der Waals surface area contributed by atoms with Gasteiger partial charge in [-0.3, -0.25) is 14.9 Å². The predicted molar refractivity (Wildman–Crippen MR) is 86.4 cm³/mol. The van der Waals surface area contributed by atoms with Gasteiger partial charge in [-0.15, -0.1) is 11.8 Å². The molecular formula is C15H13N3O3S. The first-order valence-corrected chi connectivity index (χ1v) is 7.55.